The van der Waals surface area contributed by atoms with E-state index in [0.717, 1.165) is 42.3 Å². The molecule has 0 amide bonds. The SMILES string of the molecule is CCC1CN(C)CCCN1c1ccc(CN)cc1Cl. The van der Waals surface area contributed by atoms with Crippen LogP contribution < -0.4 is 10.6 Å². The first-order valence-corrected chi connectivity index (χ1v) is 7.47. The van der Waals surface area contributed by atoms with Crippen LogP contribution in [0.1, 0.15) is 25.3 Å². The van der Waals surface area contributed by atoms with Gasteiger partial charge in [-0.1, -0.05) is 24.6 Å². The first kappa shape index (κ1) is 14.6. The van der Waals surface area contributed by atoms with E-state index in [-0.39, 0.29) is 0 Å². The molecule has 0 saturated carbocycles. The summed E-state index contributed by atoms with van der Waals surface area (Å²) in [7, 11) is 2.20. The van der Waals surface area contributed by atoms with Crippen molar-refractivity contribution in [2.24, 2.45) is 5.73 Å². The molecule has 1 saturated heterocycles. The molecule has 3 nitrogen and oxygen atoms in total. The van der Waals surface area contributed by atoms with E-state index >= 15 is 0 Å². The zero-order valence-electron chi connectivity index (χ0n) is 11.9. The molecule has 1 unspecified atom stereocenters. The Balaban J connectivity index is 2.27. The van der Waals surface area contributed by atoms with E-state index in [1.165, 1.54) is 6.42 Å². The van der Waals surface area contributed by atoms with Crippen LogP contribution in [0.4, 0.5) is 5.69 Å². The second-order valence-corrected chi connectivity index (χ2v) is 5.77. The van der Waals surface area contributed by atoms with Gasteiger partial charge >= 0.3 is 0 Å². The average Bonchev–Trinajstić information content (AvgIpc) is 2.60. The summed E-state index contributed by atoms with van der Waals surface area (Å²) >= 11 is 6.44. The summed E-state index contributed by atoms with van der Waals surface area (Å²) in [4.78, 5) is 4.88. The fraction of sp³-hybridized carbons (Fsp3) is 0.600. The predicted octanol–water partition coefficient (Wildman–Crippen LogP) is 2.72. The molecule has 0 bridgehead atoms. The maximum Gasteiger partial charge on any atom is 0.0642 e. The van der Waals surface area contributed by atoms with Gasteiger partial charge in [0, 0.05) is 25.7 Å². The second kappa shape index (κ2) is 6.60. The molecule has 1 aliphatic heterocycles. The number of nitrogens with zero attached hydrogens (tertiary/aromatic N) is 2. The van der Waals surface area contributed by atoms with Gasteiger partial charge in [0.2, 0.25) is 0 Å². The molecule has 1 aromatic carbocycles. The molecule has 106 valence electrons. The lowest BCUT2D eigenvalue weighted by atomic mass is 10.1. The lowest BCUT2D eigenvalue weighted by molar-refractivity contribution is 0.328. The number of likely N-dealkylation sites (N-methyl/N-ethyl adjacent to an activating group) is 1. The highest BCUT2D eigenvalue weighted by Gasteiger charge is 2.23. The van der Waals surface area contributed by atoms with Crippen molar-refractivity contribution in [3.63, 3.8) is 0 Å². The standard InChI is InChI=1S/C15H24ClN3/c1-3-13-11-18(2)7-4-8-19(13)15-6-5-12(10-17)9-14(15)16/h5-6,9,13H,3-4,7-8,10-11,17H2,1-2H3. The van der Waals surface area contributed by atoms with Crippen LogP contribution in [0.2, 0.25) is 5.02 Å². The van der Waals surface area contributed by atoms with E-state index in [1.807, 2.05) is 6.07 Å². The highest BCUT2D eigenvalue weighted by Crippen LogP contribution is 2.30. The third kappa shape index (κ3) is 3.41. The average molecular weight is 282 g/mol. The van der Waals surface area contributed by atoms with Crippen molar-refractivity contribution in [3.05, 3.63) is 28.8 Å². The van der Waals surface area contributed by atoms with E-state index in [2.05, 4.69) is 35.9 Å². The Hall–Kier alpha value is -0.770. The first-order chi connectivity index (χ1) is 9.15. The van der Waals surface area contributed by atoms with Crippen LogP contribution in [0.3, 0.4) is 0 Å². The van der Waals surface area contributed by atoms with Crippen LogP contribution in [-0.4, -0.2) is 37.6 Å². The lowest BCUT2D eigenvalue weighted by Gasteiger charge is -2.33. The fourth-order valence-corrected chi connectivity index (χ4v) is 3.13. The number of hydrogen-bond acceptors (Lipinski definition) is 3. The number of halogens is 1. The van der Waals surface area contributed by atoms with Gasteiger partial charge in [-0.3, -0.25) is 0 Å². The molecular weight excluding hydrogens is 258 g/mol. The molecule has 1 heterocycles. The van der Waals surface area contributed by atoms with Gasteiger partial charge in [-0.25, -0.2) is 0 Å². The number of rotatable bonds is 3. The van der Waals surface area contributed by atoms with Gasteiger partial charge in [-0.15, -0.1) is 0 Å². The Kier molecular flexibility index (Phi) is 5.08. The maximum atomic E-state index is 6.44. The van der Waals surface area contributed by atoms with E-state index < -0.39 is 0 Å². The molecule has 0 spiro atoms. The van der Waals surface area contributed by atoms with E-state index in [9.17, 15) is 0 Å². The lowest BCUT2D eigenvalue weighted by Crippen LogP contribution is -2.40. The predicted molar refractivity (Wildman–Crippen MR) is 82.9 cm³/mol. The van der Waals surface area contributed by atoms with Crippen molar-refractivity contribution in [1.29, 1.82) is 0 Å². The smallest absolute Gasteiger partial charge is 0.0642 e. The van der Waals surface area contributed by atoms with Gasteiger partial charge in [-0.05, 0) is 44.1 Å². The van der Waals surface area contributed by atoms with E-state index in [0.29, 0.717) is 12.6 Å². The number of nitrogens with two attached hydrogens (primary N) is 1. The first-order valence-electron chi connectivity index (χ1n) is 7.09. The minimum atomic E-state index is 0.536. The van der Waals surface area contributed by atoms with Crippen LogP contribution in [0, 0.1) is 0 Å². The summed E-state index contributed by atoms with van der Waals surface area (Å²) in [6, 6.07) is 6.74. The molecule has 1 aromatic rings. The molecule has 0 aliphatic carbocycles. The van der Waals surface area contributed by atoms with Crippen molar-refractivity contribution in [1.82, 2.24) is 4.90 Å². The highest BCUT2D eigenvalue weighted by molar-refractivity contribution is 6.33. The van der Waals surface area contributed by atoms with Crippen LogP contribution in [0.25, 0.3) is 0 Å². The third-order valence-corrected chi connectivity index (χ3v) is 4.23. The molecule has 4 heteroatoms. The van der Waals surface area contributed by atoms with Crippen molar-refractivity contribution in [2.75, 3.05) is 31.6 Å². The van der Waals surface area contributed by atoms with Crippen molar-refractivity contribution < 1.29 is 0 Å². The Morgan fingerprint density at radius 1 is 1.37 bits per heavy atom. The monoisotopic (exact) mass is 281 g/mol. The largest absolute Gasteiger partial charge is 0.366 e. The van der Waals surface area contributed by atoms with Crippen molar-refractivity contribution in [3.8, 4) is 0 Å². The molecular formula is C15H24ClN3. The van der Waals surface area contributed by atoms with Gasteiger partial charge in [0.25, 0.3) is 0 Å². The van der Waals surface area contributed by atoms with E-state index in [4.69, 9.17) is 17.3 Å². The molecule has 19 heavy (non-hydrogen) atoms. The molecule has 0 aromatic heterocycles. The van der Waals surface area contributed by atoms with Crippen molar-refractivity contribution >= 4 is 17.3 Å². The summed E-state index contributed by atoms with van der Waals surface area (Å²) in [5, 5.41) is 0.825. The minimum absolute atomic E-state index is 0.536. The van der Waals surface area contributed by atoms with Crippen LogP contribution in [-0.2, 0) is 6.54 Å². The van der Waals surface area contributed by atoms with Crippen molar-refractivity contribution in [2.45, 2.75) is 32.4 Å². The Morgan fingerprint density at radius 2 is 2.16 bits per heavy atom. The number of hydrogen-bond donors (Lipinski definition) is 1. The quantitative estimate of drug-likeness (QED) is 0.925. The van der Waals surface area contributed by atoms with Gasteiger partial charge < -0.3 is 15.5 Å². The number of anilines is 1. The molecule has 2 rings (SSSR count). The van der Waals surface area contributed by atoms with Crippen LogP contribution in [0.15, 0.2) is 18.2 Å². The summed E-state index contributed by atoms with van der Waals surface area (Å²) in [6.45, 7) is 6.13. The molecule has 1 atom stereocenters. The maximum absolute atomic E-state index is 6.44. The van der Waals surface area contributed by atoms with Crippen LogP contribution >= 0.6 is 11.6 Å². The van der Waals surface area contributed by atoms with Gasteiger partial charge in [-0.2, -0.15) is 0 Å². The Labute approximate surface area is 121 Å². The molecule has 0 radical (unpaired) electrons. The van der Waals surface area contributed by atoms with Gasteiger partial charge in [0.05, 0.1) is 10.7 Å². The molecule has 1 aliphatic rings. The number of benzene rings is 1. The Bertz CT molecular complexity index is 422. The van der Waals surface area contributed by atoms with Gasteiger partial charge in [0.15, 0.2) is 0 Å². The third-order valence-electron chi connectivity index (χ3n) is 3.93. The zero-order chi connectivity index (χ0) is 13.8. The van der Waals surface area contributed by atoms with E-state index in [1.54, 1.807) is 0 Å². The summed E-state index contributed by atoms with van der Waals surface area (Å²) < 4.78 is 0. The zero-order valence-corrected chi connectivity index (χ0v) is 12.7. The second-order valence-electron chi connectivity index (χ2n) is 5.36. The fourth-order valence-electron chi connectivity index (χ4n) is 2.82. The summed E-state index contributed by atoms with van der Waals surface area (Å²) in [6.07, 6.45) is 2.32. The highest BCUT2D eigenvalue weighted by atomic mass is 35.5. The summed E-state index contributed by atoms with van der Waals surface area (Å²) in [5.41, 5.74) is 7.91. The Morgan fingerprint density at radius 3 is 2.79 bits per heavy atom. The minimum Gasteiger partial charge on any atom is -0.366 e. The summed E-state index contributed by atoms with van der Waals surface area (Å²) in [5.74, 6) is 0. The topological polar surface area (TPSA) is 32.5 Å². The molecule has 1 fully saturated rings. The van der Waals surface area contributed by atoms with Crippen LogP contribution in [0.5, 0.6) is 0 Å². The normalized spacial score (nSPS) is 21.5. The molecule has 2 N–H and O–H groups in total. The van der Waals surface area contributed by atoms with Gasteiger partial charge in [0.1, 0.15) is 0 Å².